The molecule has 18 heavy (non-hydrogen) atoms. The summed E-state index contributed by atoms with van der Waals surface area (Å²) in [7, 11) is 0. The predicted molar refractivity (Wildman–Crippen MR) is 74.0 cm³/mol. The smallest absolute Gasteiger partial charge is 0.187 e. The van der Waals surface area contributed by atoms with Crippen molar-refractivity contribution in [2.45, 2.75) is 22.8 Å². The zero-order chi connectivity index (χ0) is 13.0. The van der Waals surface area contributed by atoms with Crippen LogP contribution in [0.5, 0.6) is 0 Å². The third kappa shape index (κ3) is 3.30. The molecule has 1 aromatic heterocycles. The molecular formula is C12H15BrN2O2S. The van der Waals surface area contributed by atoms with Crippen molar-refractivity contribution in [3.63, 3.8) is 0 Å². The first-order valence-corrected chi connectivity index (χ1v) is 7.99. The van der Waals surface area contributed by atoms with E-state index in [2.05, 4.69) is 25.9 Å². The molecule has 1 atom stereocenters. The molecule has 1 unspecified atom stereocenters. The van der Waals surface area contributed by atoms with E-state index in [4.69, 9.17) is 4.74 Å². The van der Waals surface area contributed by atoms with Gasteiger partial charge in [-0.05, 0) is 25.2 Å². The summed E-state index contributed by atoms with van der Waals surface area (Å²) in [6.45, 7) is 1.35. The van der Waals surface area contributed by atoms with Gasteiger partial charge in [-0.1, -0.05) is 27.7 Å². The zero-order valence-electron chi connectivity index (χ0n) is 10.1. The van der Waals surface area contributed by atoms with Gasteiger partial charge in [0.15, 0.2) is 10.9 Å². The standard InChI is InChI=1S/C12H15BrN2O2S/c1-18-12-14-5-2-9(15-12)10(13)11(16)8-3-6-17-7-4-8/h2,5,8,10H,3-4,6-7H2,1H3. The Balaban J connectivity index is 2.09. The first-order valence-electron chi connectivity index (χ1n) is 5.85. The fourth-order valence-corrected chi connectivity index (χ4v) is 2.92. The zero-order valence-corrected chi connectivity index (χ0v) is 12.5. The Hall–Kier alpha value is -0.460. The van der Waals surface area contributed by atoms with Crippen LogP contribution in [-0.2, 0) is 9.53 Å². The number of Topliss-reactive ketones (excluding diaryl/α,β-unsaturated/α-hetero) is 1. The van der Waals surface area contributed by atoms with E-state index in [9.17, 15) is 4.79 Å². The van der Waals surface area contributed by atoms with Gasteiger partial charge in [0, 0.05) is 25.3 Å². The molecule has 1 saturated heterocycles. The van der Waals surface area contributed by atoms with E-state index in [1.807, 2.05) is 6.26 Å². The number of hydrogen-bond donors (Lipinski definition) is 0. The fourth-order valence-electron chi connectivity index (χ4n) is 1.93. The molecule has 1 fully saturated rings. The lowest BCUT2D eigenvalue weighted by Crippen LogP contribution is -2.26. The lowest BCUT2D eigenvalue weighted by molar-refractivity contribution is -0.125. The molecule has 0 N–H and O–H groups in total. The van der Waals surface area contributed by atoms with Gasteiger partial charge >= 0.3 is 0 Å². The molecule has 0 saturated carbocycles. The number of ketones is 1. The summed E-state index contributed by atoms with van der Waals surface area (Å²) in [6.07, 6.45) is 5.23. The van der Waals surface area contributed by atoms with E-state index in [1.165, 1.54) is 11.8 Å². The van der Waals surface area contributed by atoms with E-state index in [0.717, 1.165) is 18.5 Å². The highest BCUT2D eigenvalue weighted by molar-refractivity contribution is 9.09. The van der Waals surface area contributed by atoms with Crippen molar-refractivity contribution < 1.29 is 9.53 Å². The van der Waals surface area contributed by atoms with E-state index >= 15 is 0 Å². The van der Waals surface area contributed by atoms with E-state index in [1.54, 1.807) is 12.3 Å². The van der Waals surface area contributed by atoms with Gasteiger partial charge in [0.1, 0.15) is 4.83 Å². The van der Waals surface area contributed by atoms with E-state index in [0.29, 0.717) is 18.4 Å². The largest absolute Gasteiger partial charge is 0.381 e. The van der Waals surface area contributed by atoms with Gasteiger partial charge < -0.3 is 4.74 Å². The van der Waals surface area contributed by atoms with Crippen molar-refractivity contribution in [2.75, 3.05) is 19.5 Å². The molecule has 0 spiro atoms. The average Bonchev–Trinajstić information content (AvgIpc) is 2.46. The molecule has 1 aliphatic heterocycles. The van der Waals surface area contributed by atoms with Crippen molar-refractivity contribution in [2.24, 2.45) is 5.92 Å². The Bertz CT molecular complexity index is 424. The van der Waals surface area contributed by atoms with Crippen LogP contribution < -0.4 is 0 Å². The number of alkyl halides is 1. The molecule has 2 heterocycles. The molecule has 98 valence electrons. The van der Waals surface area contributed by atoms with Gasteiger partial charge in [-0.25, -0.2) is 9.97 Å². The second-order valence-corrected chi connectivity index (χ2v) is 5.81. The third-order valence-corrected chi connectivity index (χ3v) is 4.45. The van der Waals surface area contributed by atoms with Crippen LogP contribution in [0.3, 0.4) is 0 Å². The molecular weight excluding hydrogens is 316 g/mol. The van der Waals surface area contributed by atoms with Crippen LogP contribution in [0.15, 0.2) is 17.4 Å². The summed E-state index contributed by atoms with van der Waals surface area (Å²) >= 11 is 4.93. The number of ether oxygens (including phenoxy) is 1. The number of rotatable bonds is 4. The van der Waals surface area contributed by atoms with E-state index in [-0.39, 0.29) is 16.5 Å². The topological polar surface area (TPSA) is 52.1 Å². The molecule has 0 radical (unpaired) electrons. The summed E-state index contributed by atoms with van der Waals surface area (Å²) in [4.78, 5) is 20.5. The van der Waals surface area contributed by atoms with Gasteiger partial charge in [0.05, 0.1) is 5.69 Å². The Kier molecular flexibility index (Phi) is 5.14. The number of thioether (sulfide) groups is 1. The van der Waals surface area contributed by atoms with Crippen LogP contribution in [0.4, 0.5) is 0 Å². The molecule has 1 aromatic rings. The van der Waals surface area contributed by atoms with Gasteiger partial charge in [0.25, 0.3) is 0 Å². The number of aromatic nitrogens is 2. The minimum absolute atomic E-state index is 0.0795. The summed E-state index contributed by atoms with van der Waals surface area (Å²) < 4.78 is 5.28. The highest BCUT2D eigenvalue weighted by Crippen LogP contribution is 2.29. The van der Waals surface area contributed by atoms with Crippen LogP contribution >= 0.6 is 27.7 Å². The molecule has 0 amide bonds. The van der Waals surface area contributed by atoms with Gasteiger partial charge in [-0.2, -0.15) is 0 Å². The molecule has 0 bridgehead atoms. The molecule has 1 aliphatic rings. The maximum absolute atomic E-state index is 12.3. The van der Waals surface area contributed by atoms with Crippen molar-refractivity contribution in [1.82, 2.24) is 9.97 Å². The summed E-state index contributed by atoms with van der Waals surface area (Å²) in [6, 6.07) is 1.79. The summed E-state index contributed by atoms with van der Waals surface area (Å²) in [5.74, 6) is 0.278. The lowest BCUT2D eigenvalue weighted by Gasteiger charge is -2.22. The number of halogens is 1. The van der Waals surface area contributed by atoms with Crippen LogP contribution in [0.25, 0.3) is 0 Å². The number of carbonyl (C=O) groups excluding carboxylic acids is 1. The van der Waals surface area contributed by atoms with E-state index < -0.39 is 0 Å². The van der Waals surface area contributed by atoms with Crippen molar-refractivity contribution in [1.29, 1.82) is 0 Å². The Morgan fingerprint density at radius 2 is 2.28 bits per heavy atom. The highest BCUT2D eigenvalue weighted by Gasteiger charge is 2.28. The van der Waals surface area contributed by atoms with Crippen molar-refractivity contribution >= 4 is 33.5 Å². The average molecular weight is 331 g/mol. The monoisotopic (exact) mass is 330 g/mol. The maximum Gasteiger partial charge on any atom is 0.187 e. The summed E-state index contributed by atoms with van der Waals surface area (Å²) in [5, 5.41) is 0.691. The Labute approximate surface area is 119 Å². The first kappa shape index (κ1) is 14.0. The van der Waals surface area contributed by atoms with Crippen LogP contribution in [0.1, 0.15) is 23.4 Å². The Morgan fingerprint density at radius 3 is 2.94 bits per heavy atom. The Morgan fingerprint density at radius 1 is 1.56 bits per heavy atom. The molecule has 2 rings (SSSR count). The minimum Gasteiger partial charge on any atom is -0.381 e. The first-order chi connectivity index (χ1) is 8.72. The predicted octanol–water partition coefficient (Wildman–Crippen LogP) is 2.63. The van der Waals surface area contributed by atoms with Crippen LogP contribution in [0, 0.1) is 5.92 Å². The SMILES string of the molecule is CSc1nccc(C(Br)C(=O)C2CCOCC2)n1. The minimum atomic E-state index is -0.338. The molecule has 0 aromatic carbocycles. The normalized spacial score (nSPS) is 18.6. The summed E-state index contributed by atoms with van der Waals surface area (Å²) in [5.41, 5.74) is 0.742. The quantitative estimate of drug-likeness (QED) is 0.482. The second kappa shape index (κ2) is 6.63. The molecule has 4 nitrogen and oxygen atoms in total. The number of nitrogens with zero attached hydrogens (tertiary/aromatic N) is 2. The third-order valence-electron chi connectivity index (χ3n) is 2.97. The van der Waals surface area contributed by atoms with Crippen LogP contribution in [-0.4, -0.2) is 35.2 Å². The highest BCUT2D eigenvalue weighted by atomic mass is 79.9. The second-order valence-electron chi connectivity index (χ2n) is 4.12. The maximum atomic E-state index is 12.3. The van der Waals surface area contributed by atoms with Gasteiger partial charge in [-0.15, -0.1) is 0 Å². The van der Waals surface area contributed by atoms with Gasteiger partial charge in [0.2, 0.25) is 0 Å². The van der Waals surface area contributed by atoms with Crippen molar-refractivity contribution in [3.05, 3.63) is 18.0 Å². The molecule has 0 aliphatic carbocycles. The van der Waals surface area contributed by atoms with Crippen molar-refractivity contribution in [3.8, 4) is 0 Å². The number of hydrogen-bond acceptors (Lipinski definition) is 5. The fraction of sp³-hybridized carbons (Fsp3) is 0.583. The lowest BCUT2D eigenvalue weighted by atomic mass is 9.92. The number of carbonyl (C=O) groups is 1. The molecule has 6 heteroatoms. The van der Waals surface area contributed by atoms with Gasteiger partial charge in [-0.3, -0.25) is 4.79 Å². The van der Waals surface area contributed by atoms with Crippen LogP contribution in [0.2, 0.25) is 0 Å².